The number of rotatable bonds is 8. The van der Waals surface area contributed by atoms with E-state index in [4.69, 9.17) is 4.74 Å². The van der Waals surface area contributed by atoms with Crippen LogP contribution in [0.4, 0.5) is 0 Å². The Bertz CT molecular complexity index is 327. The van der Waals surface area contributed by atoms with Gasteiger partial charge in [-0.15, -0.1) is 0 Å². The van der Waals surface area contributed by atoms with Crippen molar-refractivity contribution in [3.8, 4) is 0 Å². The van der Waals surface area contributed by atoms with E-state index in [0.29, 0.717) is 6.04 Å². The van der Waals surface area contributed by atoms with Crippen LogP contribution in [0, 0.1) is 3.57 Å². The minimum atomic E-state index is 0.374. The van der Waals surface area contributed by atoms with Crippen molar-refractivity contribution in [3.05, 3.63) is 33.4 Å². The molecule has 0 saturated heterocycles. The molecule has 0 aliphatic heterocycles. The average molecular weight is 362 g/mol. The topological polar surface area (TPSA) is 24.5 Å². The molecule has 1 N–H and O–H groups in total. The quantitative estimate of drug-likeness (QED) is 0.568. The van der Waals surface area contributed by atoms with Crippen LogP contribution >= 0.6 is 22.6 Å². The third kappa shape index (κ3) is 6.68. The fourth-order valence-corrected chi connectivity index (χ4v) is 1.93. The van der Waals surface area contributed by atoms with E-state index in [1.165, 1.54) is 9.13 Å². The van der Waals surface area contributed by atoms with Crippen LogP contribution in [-0.2, 0) is 4.74 Å². The number of hydrogen-bond acceptors (Lipinski definition) is 3. The molecule has 1 rings (SSSR count). The van der Waals surface area contributed by atoms with Crippen LogP contribution in [0.2, 0.25) is 0 Å². The first kappa shape index (κ1) is 15.9. The second-order valence-corrected chi connectivity index (χ2v) is 5.89. The molecule has 18 heavy (non-hydrogen) atoms. The van der Waals surface area contributed by atoms with Crippen LogP contribution in [0.15, 0.2) is 24.3 Å². The lowest BCUT2D eigenvalue weighted by molar-refractivity contribution is 0.118. The molecule has 1 aromatic rings. The molecule has 0 aliphatic rings. The number of hydrogen-bond donors (Lipinski definition) is 1. The van der Waals surface area contributed by atoms with E-state index in [2.05, 4.69) is 78.1 Å². The van der Waals surface area contributed by atoms with E-state index in [1.807, 2.05) is 0 Å². The van der Waals surface area contributed by atoms with E-state index >= 15 is 0 Å². The summed E-state index contributed by atoms with van der Waals surface area (Å²) in [6.07, 6.45) is 0. The number of likely N-dealkylation sites (N-methyl/N-ethyl adjacent to an activating group) is 1. The highest BCUT2D eigenvalue weighted by atomic mass is 127. The van der Waals surface area contributed by atoms with Gasteiger partial charge in [0.1, 0.15) is 0 Å². The van der Waals surface area contributed by atoms with E-state index in [1.54, 1.807) is 0 Å². The lowest BCUT2D eigenvalue weighted by atomic mass is 10.1. The second-order valence-electron chi connectivity index (χ2n) is 4.64. The Morgan fingerprint density at radius 1 is 1.22 bits per heavy atom. The molecule has 1 aromatic carbocycles. The highest BCUT2D eigenvalue weighted by Gasteiger charge is 2.03. The first-order chi connectivity index (χ1) is 8.59. The van der Waals surface area contributed by atoms with Crippen LogP contribution in [0.25, 0.3) is 0 Å². The number of nitrogens with one attached hydrogen (secondary N) is 1. The maximum atomic E-state index is 5.54. The first-order valence-corrected chi connectivity index (χ1v) is 7.39. The third-order valence-corrected chi connectivity index (χ3v) is 3.47. The van der Waals surface area contributed by atoms with Gasteiger partial charge in [0.15, 0.2) is 0 Å². The van der Waals surface area contributed by atoms with Crippen molar-refractivity contribution in [3.63, 3.8) is 0 Å². The molecule has 0 bridgehead atoms. The van der Waals surface area contributed by atoms with Crippen molar-refractivity contribution in [1.29, 1.82) is 0 Å². The Hall–Kier alpha value is -0.170. The summed E-state index contributed by atoms with van der Waals surface area (Å²) in [5.41, 5.74) is 1.32. The smallest absolute Gasteiger partial charge is 0.0593 e. The summed E-state index contributed by atoms with van der Waals surface area (Å²) in [6, 6.07) is 9.00. The van der Waals surface area contributed by atoms with E-state index in [-0.39, 0.29) is 0 Å². The largest absolute Gasteiger partial charge is 0.379 e. The Labute approximate surface area is 124 Å². The lowest BCUT2D eigenvalue weighted by Gasteiger charge is -2.15. The molecule has 3 nitrogen and oxygen atoms in total. The van der Waals surface area contributed by atoms with Gasteiger partial charge in [-0.05, 0) is 61.3 Å². The van der Waals surface area contributed by atoms with Crippen LogP contribution < -0.4 is 5.32 Å². The van der Waals surface area contributed by atoms with Gasteiger partial charge in [0.25, 0.3) is 0 Å². The molecule has 0 spiro atoms. The van der Waals surface area contributed by atoms with E-state index < -0.39 is 0 Å². The van der Waals surface area contributed by atoms with Crippen LogP contribution in [-0.4, -0.2) is 45.3 Å². The van der Waals surface area contributed by atoms with Crippen molar-refractivity contribution in [2.75, 3.05) is 40.4 Å². The summed E-state index contributed by atoms with van der Waals surface area (Å²) < 4.78 is 6.82. The zero-order valence-electron chi connectivity index (χ0n) is 11.4. The zero-order valence-corrected chi connectivity index (χ0v) is 13.6. The minimum absolute atomic E-state index is 0.374. The van der Waals surface area contributed by atoms with Gasteiger partial charge < -0.3 is 15.0 Å². The summed E-state index contributed by atoms with van der Waals surface area (Å²) in [6.45, 7) is 5.62. The van der Waals surface area contributed by atoms with Gasteiger partial charge >= 0.3 is 0 Å². The molecule has 0 radical (unpaired) electrons. The fraction of sp³-hybridized carbons (Fsp3) is 0.571. The van der Waals surface area contributed by atoms with Gasteiger partial charge in [-0.1, -0.05) is 12.1 Å². The molecule has 0 fully saturated rings. The van der Waals surface area contributed by atoms with Crippen LogP contribution in [0.3, 0.4) is 0 Å². The highest BCUT2D eigenvalue weighted by molar-refractivity contribution is 14.1. The standard InChI is InChI=1S/C14H23IN2O/c1-12(13-4-6-14(15)7-5-13)16-8-10-18-11-9-17(2)3/h4-7,12,16H,8-11H2,1-3H3. The lowest BCUT2D eigenvalue weighted by Crippen LogP contribution is -2.25. The normalized spacial score (nSPS) is 12.9. The number of nitrogens with zero attached hydrogens (tertiary/aromatic N) is 1. The minimum Gasteiger partial charge on any atom is -0.379 e. The molecular weight excluding hydrogens is 339 g/mol. The molecule has 4 heteroatoms. The van der Waals surface area contributed by atoms with Gasteiger partial charge in [-0.2, -0.15) is 0 Å². The third-order valence-electron chi connectivity index (χ3n) is 2.75. The molecule has 0 heterocycles. The molecule has 0 saturated carbocycles. The summed E-state index contributed by atoms with van der Waals surface area (Å²) in [5, 5.41) is 3.47. The van der Waals surface area contributed by atoms with Crippen molar-refractivity contribution in [2.24, 2.45) is 0 Å². The van der Waals surface area contributed by atoms with Crippen LogP contribution in [0.1, 0.15) is 18.5 Å². The molecule has 102 valence electrons. The average Bonchev–Trinajstić information content (AvgIpc) is 2.34. The SMILES string of the molecule is CC(NCCOCCN(C)C)c1ccc(I)cc1. The van der Waals surface area contributed by atoms with E-state index in [9.17, 15) is 0 Å². The Balaban J connectivity index is 2.13. The number of halogens is 1. The predicted octanol–water partition coefficient (Wildman–Crippen LogP) is 2.52. The summed E-state index contributed by atoms with van der Waals surface area (Å²) in [4.78, 5) is 2.13. The molecular formula is C14H23IN2O. The second kappa shape index (κ2) is 8.85. The molecule has 0 amide bonds. The van der Waals surface area contributed by atoms with Gasteiger partial charge in [-0.25, -0.2) is 0 Å². The van der Waals surface area contributed by atoms with Gasteiger partial charge in [0.2, 0.25) is 0 Å². The maximum absolute atomic E-state index is 5.54. The van der Waals surface area contributed by atoms with Gasteiger partial charge in [-0.3, -0.25) is 0 Å². The van der Waals surface area contributed by atoms with Crippen molar-refractivity contribution in [1.82, 2.24) is 10.2 Å². The van der Waals surface area contributed by atoms with Crippen molar-refractivity contribution < 1.29 is 4.74 Å². The summed E-state index contributed by atoms with van der Waals surface area (Å²) >= 11 is 2.32. The zero-order chi connectivity index (χ0) is 13.4. The molecule has 1 unspecified atom stereocenters. The fourth-order valence-electron chi connectivity index (χ4n) is 1.57. The monoisotopic (exact) mass is 362 g/mol. The summed E-state index contributed by atoms with van der Waals surface area (Å²) in [5.74, 6) is 0. The maximum Gasteiger partial charge on any atom is 0.0593 e. The number of ether oxygens (including phenoxy) is 1. The van der Waals surface area contributed by atoms with Gasteiger partial charge in [0, 0.05) is 22.7 Å². The van der Waals surface area contributed by atoms with Crippen LogP contribution in [0.5, 0.6) is 0 Å². The highest BCUT2D eigenvalue weighted by Crippen LogP contribution is 2.13. The Kier molecular flexibility index (Phi) is 7.81. The number of benzene rings is 1. The Morgan fingerprint density at radius 2 is 1.89 bits per heavy atom. The Morgan fingerprint density at radius 3 is 2.50 bits per heavy atom. The first-order valence-electron chi connectivity index (χ1n) is 6.31. The van der Waals surface area contributed by atoms with E-state index in [0.717, 1.165) is 26.3 Å². The molecule has 0 aromatic heterocycles. The van der Waals surface area contributed by atoms with Crippen molar-refractivity contribution >= 4 is 22.6 Å². The molecule has 0 aliphatic carbocycles. The van der Waals surface area contributed by atoms with Crippen molar-refractivity contribution in [2.45, 2.75) is 13.0 Å². The summed E-state index contributed by atoms with van der Waals surface area (Å²) in [7, 11) is 4.11. The van der Waals surface area contributed by atoms with Gasteiger partial charge in [0.05, 0.1) is 13.2 Å². The predicted molar refractivity (Wildman–Crippen MR) is 84.9 cm³/mol. The molecule has 1 atom stereocenters.